The van der Waals surface area contributed by atoms with Crippen LogP contribution in [0.15, 0.2) is 189 Å². The molecule has 0 fully saturated rings. The van der Waals surface area contributed by atoms with E-state index in [4.69, 9.17) is 4.11 Å². The molecule has 524 valence electrons. The van der Waals surface area contributed by atoms with Gasteiger partial charge in [0.05, 0.1) is 0 Å². The summed E-state index contributed by atoms with van der Waals surface area (Å²) in [6.07, 6.45) is 17.0. The summed E-state index contributed by atoms with van der Waals surface area (Å²) in [6.45, 7) is 49.4. The number of nitrogens with zero attached hydrogens (tertiary/aromatic N) is 5. The SMILES string of the molecule is CCC(C)(C)c1c[n+](C)c(-c2ccccc2C)cc1C.CCC(C)(C)c1c[n+](C)c(-c2ccccc2C)cc1C.CCC(C)(C)c1ccc(-c2ccc(C)cc2C)[n+](C)c1.CCC(C)(C)c1ccc(-c2ccccc2C)[n+](C)c1.[2H]C([2H])([2H])c1ccc(-c2ccc(C(C)(C)CC)c[n+]2C)c(C)c1. The van der Waals surface area contributed by atoms with Crippen molar-refractivity contribution in [1.82, 2.24) is 0 Å². The van der Waals surface area contributed by atoms with Gasteiger partial charge in [0.25, 0.3) is 0 Å². The molecule has 5 nitrogen and oxygen atoms in total. The van der Waals surface area contributed by atoms with Crippen molar-refractivity contribution in [3.8, 4) is 56.3 Å². The lowest BCUT2D eigenvalue weighted by Gasteiger charge is -2.24. The number of rotatable bonds is 15. The van der Waals surface area contributed by atoms with Crippen molar-refractivity contribution in [1.29, 1.82) is 0 Å². The van der Waals surface area contributed by atoms with Crippen LogP contribution in [0, 0.1) is 62.2 Å². The van der Waals surface area contributed by atoms with E-state index >= 15 is 0 Å². The number of hydrogen-bond donors (Lipinski definition) is 0. The lowest BCUT2D eigenvalue weighted by Crippen LogP contribution is -2.34. The largest absolute Gasteiger partial charge is 0.212 e. The van der Waals surface area contributed by atoms with Gasteiger partial charge in [-0.3, -0.25) is 0 Å². The van der Waals surface area contributed by atoms with Gasteiger partial charge in [-0.05, 0) is 209 Å². The normalized spacial score (nSPS) is 12.3. The van der Waals surface area contributed by atoms with Gasteiger partial charge in [-0.25, -0.2) is 22.8 Å². The second kappa shape index (κ2) is 33.8. The molecule has 0 saturated heterocycles. The van der Waals surface area contributed by atoms with Crippen LogP contribution in [0.2, 0.25) is 0 Å². The second-order valence-corrected chi connectivity index (χ2v) is 31.5. The summed E-state index contributed by atoms with van der Waals surface area (Å²) in [6, 6.07) is 55.8. The maximum absolute atomic E-state index is 7.53. The van der Waals surface area contributed by atoms with Crippen molar-refractivity contribution in [3.63, 3.8) is 0 Å². The minimum absolute atomic E-state index is 0.149. The number of pyridine rings is 5. The second-order valence-electron chi connectivity index (χ2n) is 31.5. The van der Waals surface area contributed by atoms with Crippen molar-refractivity contribution in [3.05, 3.63) is 267 Å². The van der Waals surface area contributed by atoms with Crippen LogP contribution in [0.3, 0.4) is 0 Å². The van der Waals surface area contributed by atoms with Gasteiger partial charge in [0.15, 0.2) is 31.0 Å². The van der Waals surface area contributed by atoms with E-state index in [1.54, 1.807) is 12.1 Å². The van der Waals surface area contributed by atoms with Gasteiger partial charge < -0.3 is 0 Å². The molecule has 5 heteroatoms. The summed E-state index contributed by atoms with van der Waals surface area (Å²) in [5, 5.41) is 0. The highest BCUT2D eigenvalue weighted by atomic mass is 14.9. The van der Waals surface area contributed by atoms with E-state index in [9.17, 15) is 0 Å². The van der Waals surface area contributed by atoms with Gasteiger partial charge in [0.2, 0.25) is 28.5 Å². The van der Waals surface area contributed by atoms with E-state index in [1.165, 1.54) is 112 Å². The van der Waals surface area contributed by atoms with E-state index in [1.807, 2.05) is 20.0 Å². The van der Waals surface area contributed by atoms with Crippen molar-refractivity contribution in [2.24, 2.45) is 35.2 Å². The van der Waals surface area contributed by atoms with Gasteiger partial charge in [-0.15, -0.1) is 0 Å². The maximum Gasteiger partial charge on any atom is 0.212 e. The van der Waals surface area contributed by atoms with E-state index in [0.717, 1.165) is 48.9 Å². The molecule has 0 atom stereocenters. The molecule has 5 heterocycles. The van der Waals surface area contributed by atoms with Crippen molar-refractivity contribution >= 4 is 0 Å². The summed E-state index contributed by atoms with van der Waals surface area (Å²) < 4.78 is 33.8. The smallest absolute Gasteiger partial charge is 0.201 e. The fourth-order valence-electron chi connectivity index (χ4n) is 12.9. The third-order valence-corrected chi connectivity index (χ3v) is 22.0. The van der Waals surface area contributed by atoms with Crippen molar-refractivity contribution < 1.29 is 26.9 Å². The Morgan fingerprint density at radius 3 is 0.798 bits per heavy atom. The lowest BCUT2D eigenvalue weighted by atomic mass is 9.80. The summed E-state index contributed by atoms with van der Waals surface area (Å²) in [7, 11) is 10.6. The monoisotopic (exact) mass is 1330 g/mol. The molecule has 0 saturated carbocycles. The minimum Gasteiger partial charge on any atom is -0.201 e. The zero-order valence-electron chi connectivity index (χ0n) is 69.7. The number of benzene rings is 5. The van der Waals surface area contributed by atoms with Gasteiger partial charge in [0.1, 0.15) is 35.2 Å². The molecule has 5 aromatic carbocycles. The quantitative estimate of drug-likeness (QED) is 0.0912. The highest BCUT2D eigenvalue weighted by molar-refractivity contribution is 5.65. The lowest BCUT2D eigenvalue weighted by molar-refractivity contribution is -0.661. The molecule has 10 rings (SSSR count). The van der Waals surface area contributed by atoms with E-state index < -0.39 is 6.85 Å². The standard InChI is InChI=1S/4C19H26N.C18H24N/c2*1-7-19(4,5)16-9-11-18(20(6)13-16)17-10-8-14(2)12-15(17)3;2*1-7-19(4,5)17-13-20(6)18(12-15(17)3)16-11-9-8-10-14(16)2;1-6-18(3,4)15-11-12-17(19(5)13-15)16-10-8-7-9-14(16)2/h4*8-13H,7H2,1-6H3;7-13H,6H2,1-5H3/q5*+1/i2D3;;;;. The Hall–Kier alpha value is -8.15. The fraction of sp³-hybridized carbons (Fsp3) is 0.415. The molecule has 0 aliphatic rings. The Morgan fingerprint density at radius 2 is 0.525 bits per heavy atom. The minimum atomic E-state index is -2.06. The molecule has 0 amide bonds. The Morgan fingerprint density at radius 1 is 0.263 bits per heavy atom. The van der Waals surface area contributed by atoms with Gasteiger partial charge >= 0.3 is 0 Å². The first-order valence-corrected chi connectivity index (χ1v) is 36.5. The topological polar surface area (TPSA) is 19.4 Å². The van der Waals surface area contributed by atoms with Crippen LogP contribution in [0.25, 0.3) is 56.3 Å². The number of aromatic nitrogens is 5. The number of aryl methyl sites for hydroxylation is 14. The molecule has 0 radical (unpaired) electrons. The first-order valence-electron chi connectivity index (χ1n) is 38.0. The van der Waals surface area contributed by atoms with Crippen LogP contribution in [0.5, 0.6) is 0 Å². The average molecular weight is 1330 g/mol. The molecular weight excluding hydrogens is 1200 g/mol. The van der Waals surface area contributed by atoms with Crippen LogP contribution in [0.4, 0.5) is 0 Å². The molecule has 0 spiro atoms. The first-order chi connectivity index (χ1) is 47.6. The van der Waals surface area contributed by atoms with E-state index in [2.05, 4.69) is 374 Å². The third-order valence-electron chi connectivity index (χ3n) is 22.0. The van der Waals surface area contributed by atoms with Gasteiger partial charge in [-0.1, -0.05) is 194 Å². The molecule has 0 bridgehead atoms. The molecule has 5 aromatic heterocycles. The van der Waals surface area contributed by atoms with Gasteiger partial charge in [0, 0.05) is 90.1 Å². The Kier molecular flexibility index (Phi) is 25.6. The third kappa shape index (κ3) is 19.9. The molecule has 0 N–H and O–H groups in total. The molecule has 10 aromatic rings. The van der Waals surface area contributed by atoms with E-state index in [0.29, 0.717) is 5.56 Å². The highest BCUT2D eigenvalue weighted by Gasteiger charge is 2.29. The summed E-state index contributed by atoms with van der Waals surface area (Å²) in [5.41, 5.74) is 31.4. The fourth-order valence-corrected chi connectivity index (χ4v) is 12.9. The number of hydrogen-bond acceptors (Lipinski definition) is 0. The summed E-state index contributed by atoms with van der Waals surface area (Å²) in [5.74, 6) is 0. The zero-order valence-corrected chi connectivity index (χ0v) is 66.7. The maximum atomic E-state index is 7.53. The Labute approximate surface area is 607 Å². The van der Waals surface area contributed by atoms with Gasteiger partial charge in [-0.2, -0.15) is 0 Å². The van der Waals surface area contributed by atoms with Crippen LogP contribution in [-0.4, -0.2) is 0 Å². The predicted molar refractivity (Wildman–Crippen MR) is 424 cm³/mol. The van der Waals surface area contributed by atoms with Crippen LogP contribution in [0.1, 0.15) is 218 Å². The van der Waals surface area contributed by atoms with E-state index in [-0.39, 0.29) is 27.1 Å². The van der Waals surface area contributed by atoms with Crippen LogP contribution >= 0.6 is 0 Å². The molecule has 0 unspecified atom stereocenters. The Balaban J connectivity index is 0.000000201. The zero-order chi connectivity index (χ0) is 76.2. The highest BCUT2D eigenvalue weighted by Crippen LogP contribution is 2.35. The average Bonchev–Trinajstić information content (AvgIpc) is 0.800. The summed E-state index contributed by atoms with van der Waals surface area (Å²) >= 11 is 0. The molecule has 0 aliphatic carbocycles. The van der Waals surface area contributed by atoms with Crippen molar-refractivity contribution in [2.45, 2.75) is 225 Å². The molecule has 99 heavy (non-hydrogen) atoms. The predicted octanol–water partition coefficient (Wildman–Crippen LogP) is 22.1. The van der Waals surface area contributed by atoms with Crippen LogP contribution in [-0.2, 0) is 62.3 Å². The molecular formula is C94H128N5+5. The summed E-state index contributed by atoms with van der Waals surface area (Å²) in [4.78, 5) is 0. The van der Waals surface area contributed by atoms with Crippen LogP contribution < -0.4 is 22.8 Å². The van der Waals surface area contributed by atoms with Crippen molar-refractivity contribution in [2.75, 3.05) is 0 Å². The Bertz CT molecular complexity index is 4390. The molecule has 0 aliphatic heterocycles. The first kappa shape index (κ1) is 75.1.